The molecule has 0 saturated heterocycles. The molecule has 3 rings (SSSR count). The van der Waals surface area contributed by atoms with Gasteiger partial charge in [-0.1, -0.05) is 0 Å². The van der Waals surface area contributed by atoms with Crippen LogP contribution >= 0.6 is 22.7 Å². The van der Waals surface area contributed by atoms with Crippen LogP contribution in [-0.4, -0.2) is 20.4 Å². The minimum atomic E-state index is -0.0708. The molecule has 7 heteroatoms. The van der Waals surface area contributed by atoms with Crippen LogP contribution in [0.15, 0.2) is 40.9 Å². The fourth-order valence-corrected chi connectivity index (χ4v) is 3.82. The molecule has 0 aliphatic rings. The Bertz CT molecular complexity index is 734. The van der Waals surface area contributed by atoms with Crippen molar-refractivity contribution < 1.29 is 4.79 Å². The monoisotopic (exact) mass is 346 g/mol. The summed E-state index contributed by atoms with van der Waals surface area (Å²) in [6.07, 6.45) is 6.50. The highest BCUT2D eigenvalue weighted by atomic mass is 32.1. The van der Waals surface area contributed by atoms with Crippen LogP contribution in [-0.2, 0) is 17.8 Å². The highest BCUT2D eigenvalue weighted by molar-refractivity contribution is 7.09. The van der Waals surface area contributed by atoms with Crippen LogP contribution in [0.3, 0.4) is 0 Å². The van der Waals surface area contributed by atoms with Gasteiger partial charge in [0.05, 0.1) is 12.4 Å². The molecule has 3 aromatic heterocycles. The van der Waals surface area contributed by atoms with E-state index in [-0.39, 0.29) is 11.9 Å². The van der Waals surface area contributed by atoms with Crippen LogP contribution in [0.5, 0.6) is 0 Å². The molecule has 3 heterocycles. The molecule has 0 aliphatic carbocycles. The van der Waals surface area contributed by atoms with Gasteiger partial charge in [0.1, 0.15) is 5.01 Å². The summed E-state index contributed by atoms with van der Waals surface area (Å²) in [5.74, 6) is 0.0341. The molecule has 3 aromatic rings. The van der Waals surface area contributed by atoms with E-state index < -0.39 is 0 Å². The van der Waals surface area contributed by atoms with Gasteiger partial charge in [-0.15, -0.1) is 11.3 Å². The number of aryl methyl sites for hydroxylation is 2. The Labute approximate surface area is 143 Å². The molecule has 120 valence electrons. The summed E-state index contributed by atoms with van der Waals surface area (Å²) in [6.45, 7) is 2.61. The van der Waals surface area contributed by atoms with Gasteiger partial charge in [0, 0.05) is 42.9 Å². The van der Waals surface area contributed by atoms with Gasteiger partial charge in [0.15, 0.2) is 0 Å². The number of amides is 1. The third-order valence-corrected chi connectivity index (χ3v) is 5.25. The minimum absolute atomic E-state index is 0.0341. The van der Waals surface area contributed by atoms with Crippen molar-refractivity contribution in [2.45, 2.75) is 32.4 Å². The number of rotatable bonds is 7. The highest BCUT2D eigenvalue weighted by Crippen LogP contribution is 2.23. The summed E-state index contributed by atoms with van der Waals surface area (Å²) in [5, 5.41) is 10.3. The maximum atomic E-state index is 12.3. The predicted octanol–water partition coefficient (Wildman–Crippen LogP) is 3.20. The Balaban J connectivity index is 1.64. The van der Waals surface area contributed by atoms with Crippen molar-refractivity contribution >= 4 is 28.6 Å². The average molecular weight is 346 g/mol. The average Bonchev–Trinajstić information content (AvgIpc) is 3.27. The van der Waals surface area contributed by atoms with Gasteiger partial charge < -0.3 is 9.88 Å². The quantitative estimate of drug-likeness (QED) is 0.715. The molecular formula is C16H18N4OS2. The lowest BCUT2D eigenvalue weighted by atomic mass is 10.1. The first-order chi connectivity index (χ1) is 11.2. The number of hydrogen-bond donors (Lipinski definition) is 1. The lowest BCUT2D eigenvalue weighted by Crippen LogP contribution is -2.30. The van der Waals surface area contributed by atoms with Crippen molar-refractivity contribution in [3.8, 4) is 0 Å². The number of aromatic nitrogens is 3. The number of thiazole rings is 1. The molecule has 0 bridgehead atoms. The largest absolute Gasteiger partial charge is 0.346 e. The lowest BCUT2D eigenvalue weighted by Gasteiger charge is -2.16. The lowest BCUT2D eigenvalue weighted by molar-refractivity contribution is -0.122. The number of nitrogens with one attached hydrogen (secondary N) is 1. The molecule has 0 spiro atoms. The van der Waals surface area contributed by atoms with Gasteiger partial charge in [-0.05, 0) is 29.3 Å². The van der Waals surface area contributed by atoms with Crippen molar-refractivity contribution in [3.05, 3.63) is 57.2 Å². The van der Waals surface area contributed by atoms with Crippen LogP contribution in [0, 0.1) is 6.92 Å². The van der Waals surface area contributed by atoms with E-state index in [2.05, 4.69) is 32.1 Å². The van der Waals surface area contributed by atoms with Gasteiger partial charge in [-0.25, -0.2) is 9.97 Å². The number of hydrogen-bond acceptors (Lipinski definition) is 5. The summed E-state index contributed by atoms with van der Waals surface area (Å²) in [5.41, 5.74) is 2.22. The molecule has 1 N–H and O–H groups in total. The van der Waals surface area contributed by atoms with Gasteiger partial charge in [-0.3, -0.25) is 4.79 Å². The number of carbonyl (C=O) groups is 1. The summed E-state index contributed by atoms with van der Waals surface area (Å²) >= 11 is 3.27. The SMILES string of the molecule is Cc1csc(C(Cc2ccsc2)NC(=O)CCn2ccnc2)n1. The van der Waals surface area contributed by atoms with E-state index in [0.29, 0.717) is 13.0 Å². The molecule has 1 atom stereocenters. The molecule has 0 saturated carbocycles. The second-order valence-corrected chi connectivity index (χ2v) is 7.00. The van der Waals surface area contributed by atoms with Crippen molar-refractivity contribution in [2.24, 2.45) is 0 Å². The van der Waals surface area contributed by atoms with E-state index in [4.69, 9.17) is 0 Å². The standard InChI is InChI=1S/C16H18N4OS2/c1-12-9-23-16(18-12)14(8-13-3-7-22-10-13)19-15(21)2-5-20-6-4-17-11-20/h3-4,6-7,9-11,14H,2,5,8H2,1H3,(H,19,21). The Hall–Kier alpha value is -1.99. The van der Waals surface area contributed by atoms with Crippen molar-refractivity contribution in [2.75, 3.05) is 0 Å². The third-order valence-electron chi connectivity index (χ3n) is 3.45. The van der Waals surface area contributed by atoms with Crippen LogP contribution < -0.4 is 5.32 Å². The maximum Gasteiger partial charge on any atom is 0.222 e. The van der Waals surface area contributed by atoms with Crippen molar-refractivity contribution in [1.82, 2.24) is 19.9 Å². The van der Waals surface area contributed by atoms with Crippen LogP contribution in [0.1, 0.15) is 28.7 Å². The molecule has 1 unspecified atom stereocenters. The van der Waals surface area contributed by atoms with E-state index in [1.54, 1.807) is 35.2 Å². The predicted molar refractivity (Wildman–Crippen MR) is 92.6 cm³/mol. The zero-order valence-corrected chi connectivity index (χ0v) is 14.4. The summed E-state index contributed by atoms with van der Waals surface area (Å²) in [4.78, 5) is 20.8. The summed E-state index contributed by atoms with van der Waals surface area (Å²) < 4.78 is 1.90. The summed E-state index contributed by atoms with van der Waals surface area (Å²) in [6, 6.07) is 2.02. The first-order valence-electron chi connectivity index (χ1n) is 7.39. The molecule has 0 fully saturated rings. The smallest absolute Gasteiger partial charge is 0.222 e. The van der Waals surface area contributed by atoms with Gasteiger partial charge >= 0.3 is 0 Å². The number of imidazole rings is 1. The topological polar surface area (TPSA) is 59.8 Å². The second-order valence-electron chi connectivity index (χ2n) is 5.33. The Morgan fingerprint density at radius 1 is 1.43 bits per heavy atom. The first kappa shape index (κ1) is 15.9. The van der Waals surface area contributed by atoms with E-state index in [1.165, 1.54) is 5.56 Å². The van der Waals surface area contributed by atoms with Gasteiger partial charge in [-0.2, -0.15) is 11.3 Å². The molecule has 0 radical (unpaired) electrons. The molecule has 0 aromatic carbocycles. The van der Waals surface area contributed by atoms with Crippen molar-refractivity contribution in [3.63, 3.8) is 0 Å². The Morgan fingerprint density at radius 3 is 3.00 bits per heavy atom. The molecule has 23 heavy (non-hydrogen) atoms. The van der Waals surface area contributed by atoms with Crippen LogP contribution in [0.2, 0.25) is 0 Å². The van der Waals surface area contributed by atoms with Gasteiger partial charge in [0.25, 0.3) is 0 Å². The number of nitrogens with zero attached hydrogens (tertiary/aromatic N) is 3. The van der Waals surface area contributed by atoms with Crippen LogP contribution in [0.25, 0.3) is 0 Å². The van der Waals surface area contributed by atoms with E-state index in [1.807, 2.05) is 23.1 Å². The molecule has 1 amide bonds. The number of carbonyl (C=O) groups excluding carboxylic acids is 1. The Morgan fingerprint density at radius 2 is 2.35 bits per heavy atom. The second kappa shape index (κ2) is 7.52. The van der Waals surface area contributed by atoms with E-state index in [9.17, 15) is 4.79 Å². The zero-order valence-electron chi connectivity index (χ0n) is 12.8. The first-order valence-corrected chi connectivity index (χ1v) is 9.21. The maximum absolute atomic E-state index is 12.3. The normalized spacial score (nSPS) is 12.2. The molecular weight excluding hydrogens is 328 g/mol. The van der Waals surface area contributed by atoms with E-state index >= 15 is 0 Å². The zero-order chi connectivity index (χ0) is 16.1. The highest BCUT2D eigenvalue weighted by Gasteiger charge is 2.18. The molecule has 5 nitrogen and oxygen atoms in total. The third kappa shape index (κ3) is 4.49. The molecule has 0 aliphatic heterocycles. The number of thiophene rings is 1. The van der Waals surface area contributed by atoms with Crippen molar-refractivity contribution in [1.29, 1.82) is 0 Å². The summed E-state index contributed by atoms with van der Waals surface area (Å²) in [7, 11) is 0. The fraction of sp³-hybridized carbons (Fsp3) is 0.312. The minimum Gasteiger partial charge on any atom is -0.346 e. The Kier molecular flexibility index (Phi) is 5.19. The van der Waals surface area contributed by atoms with E-state index in [0.717, 1.165) is 17.1 Å². The fourth-order valence-electron chi connectivity index (χ4n) is 2.29. The van der Waals surface area contributed by atoms with Gasteiger partial charge in [0.2, 0.25) is 5.91 Å². The van der Waals surface area contributed by atoms with Crippen LogP contribution in [0.4, 0.5) is 0 Å².